The Kier molecular flexibility index (Phi) is 3.93. The molecule has 0 amide bonds. The lowest BCUT2D eigenvalue weighted by molar-refractivity contribution is 0.411. The number of para-hydroxylation sites is 2. The number of thioether (sulfide) groups is 1. The highest BCUT2D eigenvalue weighted by atomic mass is 32.2. The van der Waals surface area contributed by atoms with Crippen molar-refractivity contribution in [1.29, 1.82) is 0 Å². The van der Waals surface area contributed by atoms with Crippen molar-refractivity contribution in [1.82, 2.24) is 19.2 Å². The Morgan fingerprint density at radius 1 is 1.08 bits per heavy atom. The number of benzene rings is 2. The van der Waals surface area contributed by atoms with E-state index in [1.165, 1.54) is 4.57 Å². The van der Waals surface area contributed by atoms with Gasteiger partial charge in [0.25, 0.3) is 5.56 Å². The van der Waals surface area contributed by atoms with Crippen LogP contribution in [0.25, 0.3) is 16.7 Å². The first-order chi connectivity index (χ1) is 12.2. The molecule has 0 fully saturated rings. The summed E-state index contributed by atoms with van der Waals surface area (Å²) in [6, 6.07) is 15.4. The smallest absolute Gasteiger partial charge is 0.262 e. The molecule has 126 valence electrons. The summed E-state index contributed by atoms with van der Waals surface area (Å²) < 4.78 is 8.86. The molecule has 0 saturated heterocycles. The van der Waals surface area contributed by atoms with E-state index < -0.39 is 0 Å². The Labute approximate surface area is 148 Å². The molecule has 0 radical (unpaired) electrons. The SMILES string of the molecule is COc1ccccc1CSc1nnc2n(C)c(=O)c3ccccc3n12. The second kappa shape index (κ2) is 6.25. The van der Waals surface area contributed by atoms with Crippen LogP contribution in [0.1, 0.15) is 5.56 Å². The maximum absolute atomic E-state index is 12.5. The summed E-state index contributed by atoms with van der Waals surface area (Å²) in [5.74, 6) is 2.08. The van der Waals surface area contributed by atoms with Gasteiger partial charge in [-0.1, -0.05) is 42.1 Å². The van der Waals surface area contributed by atoms with Gasteiger partial charge in [-0.15, -0.1) is 10.2 Å². The monoisotopic (exact) mass is 352 g/mol. The molecule has 0 atom stereocenters. The lowest BCUT2D eigenvalue weighted by Gasteiger charge is -2.09. The van der Waals surface area contributed by atoms with E-state index in [1.54, 1.807) is 25.9 Å². The number of hydrogen-bond donors (Lipinski definition) is 0. The van der Waals surface area contributed by atoms with Crippen LogP contribution in [-0.4, -0.2) is 26.3 Å². The van der Waals surface area contributed by atoms with Crippen LogP contribution in [0.2, 0.25) is 0 Å². The van der Waals surface area contributed by atoms with Crippen LogP contribution in [0, 0.1) is 0 Å². The molecule has 0 aliphatic rings. The van der Waals surface area contributed by atoms with Crippen molar-refractivity contribution in [2.75, 3.05) is 7.11 Å². The second-order valence-corrected chi connectivity index (χ2v) is 6.54. The summed E-state index contributed by atoms with van der Waals surface area (Å²) in [6.45, 7) is 0. The molecule has 2 heterocycles. The molecule has 0 saturated carbocycles. The van der Waals surface area contributed by atoms with E-state index >= 15 is 0 Å². The zero-order valence-corrected chi connectivity index (χ0v) is 14.7. The highest BCUT2D eigenvalue weighted by Gasteiger charge is 2.15. The van der Waals surface area contributed by atoms with Crippen LogP contribution in [0.3, 0.4) is 0 Å². The zero-order valence-electron chi connectivity index (χ0n) is 13.8. The summed E-state index contributed by atoms with van der Waals surface area (Å²) in [5.41, 5.74) is 1.82. The van der Waals surface area contributed by atoms with Crippen LogP contribution in [0.4, 0.5) is 0 Å². The molecular weight excluding hydrogens is 336 g/mol. The summed E-state index contributed by atoms with van der Waals surface area (Å²) in [6.07, 6.45) is 0. The Morgan fingerprint density at radius 3 is 2.68 bits per heavy atom. The first-order valence-corrected chi connectivity index (χ1v) is 8.77. The van der Waals surface area contributed by atoms with Crippen LogP contribution in [-0.2, 0) is 12.8 Å². The summed E-state index contributed by atoms with van der Waals surface area (Å²) in [5, 5.41) is 9.89. The Hall–Kier alpha value is -2.80. The van der Waals surface area contributed by atoms with Gasteiger partial charge < -0.3 is 4.74 Å². The number of hydrogen-bond acceptors (Lipinski definition) is 5. The van der Waals surface area contributed by atoms with Crippen molar-refractivity contribution in [3.63, 3.8) is 0 Å². The van der Waals surface area contributed by atoms with E-state index in [-0.39, 0.29) is 5.56 Å². The van der Waals surface area contributed by atoms with Crippen molar-refractivity contribution in [2.45, 2.75) is 10.9 Å². The number of fused-ring (bicyclic) bond motifs is 3. The van der Waals surface area contributed by atoms with Crippen molar-refractivity contribution in [3.8, 4) is 5.75 Å². The average molecular weight is 352 g/mol. The van der Waals surface area contributed by atoms with Gasteiger partial charge >= 0.3 is 0 Å². The molecule has 0 aliphatic heterocycles. The summed E-state index contributed by atoms with van der Waals surface area (Å²) >= 11 is 1.56. The van der Waals surface area contributed by atoms with Crippen LogP contribution in [0.15, 0.2) is 58.5 Å². The molecule has 4 aromatic rings. The van der Waals surface area contributed by atoms with Crippen molar-refractivity contribution >= 4 is 28.4 Å². The fourth-order valence-electron chi connectivity index (χ4n) is 2.87. The third kappa shape index (κ3) is 2.56. The van der Waals surface area contributed by atoms with Crippen molar-refractivity contribution in [2.24, 2.45) is 7.05 Å². The Bertz CT molecular complexity index is 1130. The van der Waals surface area contributed by atoms with E-state index in [0.717, 1.165) is 22.0 Å². The van der Waals surface area contributed by atoms with Crippen LogP contribution < -0.4 is 10.3 Å². The average Bonchev–Trinajstić information content (AvgIpc) is 3.09. The molecule has 0 bridgehead atoms. The molecule has 0 aliphatic carbocycles. The third-order valence-electron chi connectivity index (χ3n) is 4.15. The molecule has 0 unspecified atom stereocenters. The van der Waals surface area contributed by atoms with E-state index in [2.05, 4.69) is 10.2 Å². The first-order valence-electron chi connectivity index (χ1n) is 7.78. The van der Waals surface area contributed by atoms with E-state index in [0.29, 0.717) is 16.9 Å². The summed E-state index contributed by atoms with van der Waals surface area (Å²) in [7, 11) is 3.38. The maximum Gasteiger partial charge on any atom is 0.262 e. The molecule has 2 aromatic heterocycles. The predicted molar refractivity (Wildman–Crippen MR) is 98.3 cm³/mol. The van der Waals surface area contributed by atoms with Gasteiger partial charge in [-0.25, -0.2) is 0 Å². The number of aromatic nitrogens is 4. The largest absolute Gasteiger partial charge is 0.496 e. The molecule has 25 heavy (non-hydrogen) atoms. The van der Waals surface area contributed by atoms with Gasteiger partial charge in [-0.3, -0.25) is 13.8 Å². The molecule has 0 spiro atoms. The second-order valence-electron chi connectivity index (χ2n) is 5.60. The fourth-order valence-corrected chi connectivity index (χ4v) is 3.80. The zero-order chi connectivity index (χ0) is 17.4. The van der Waals surface area contributed by atoms with Crippen molar-refractivity contribution < 1.29 is 4.74 Å². The number of nitrogens with zero attached hydrogens (tertiary/aromatic N) is 4. The number of ether oxygens (including phenoxy) is 1. The lowest BCUT2D eigenvalue weighted by atomic mass is 10.2. The first kappa shape index (κ1) is 15.7. The Morgan fingerprint density at radius 2 is 1.84 bits per heavy atom. The highest BCUT2D eigenvalue weighted by molar-refractivity contribution is 7.98. The number of rotatable bonds is 4. The van der Waals surface area contributed by atoms with E-state index in [9.17, 15) is 4.79 Å². The molecule has 0 N–H and O–H groups in total. The third-order valence-corrected chi connectivity index (χ3v) is 5.12. The van der Waals surface area contributed by atoms with E-state index in [1.807, 2.05) is 52.9 Å². The quantitative estimate of drug-likeness (QED) is 0.529. The van der Waals surface area contributed by atoms with Gasteiger partial charge in [0.15, 0.2) is 5.16 Å². The Balaban J connectivity index is 1.82. The minimum absolute atomic E-state index is 0.0724. The highest BCUT2D eigenvalue weighted by Crippen LogP contribution is 2.28. The van der Waals surface area contributed by atoms with Gasteiger partial charge in [0.2, 0.25) is 5.78 Å². The molecule has 4 rings (SSSR count). The van der Waals surface area contributed by atoms with Gasteiger partial charge in [-0.2, -0.15) is 0 Å². The predicted octanol–water partition coefficient (Wildman–Crippen LogP) is 2.88. The van der Waals surface area contributed by atoms with Gasteiger partial charge in [0, 0.05) is 18.4 Å². The maximum atomic E-state index is 12.5. The normalized spacial score (nSPS) is 11.3. The summed E-state index contributed by atoms with van der Waals surface area (Å²) in [4.78, 5) is 12.5. The number of methoxy groups -OCH3 is 1. The van der Waals surface area contributed by atoms with Gasteiger partial charge in [-0.05, 0) is 18.2 Å². The van der Waals surface area contributed by atoms with Crippen LogP contribution >= 0.6 is 11.8 Å². The van der Waals surface area contributed by atoms with Gasteiger partial charge in [0.1, 0.15) is 5.75 Å². The van der Waals surface area contributed by atoms with Crippen LogP contribution in [0.5, 0.6) is 5.75 Å². The molecule has 7 heteroatoms. The van der Waals surface area contributed by atoms with Crippen molar-refractivity contribution in [3.05, 3.63) is 64.4 Å². The fraction of sp³-hybridized carbons (Fsp3) is 0.167. The van der Waals surface area contributed by atoms with E-state index in [4.69, 9.17) is 4.74 Å². The molecular formula is C18H16N4O2S. The topological polar surface area (TPSA) is 61.4 Å². The molecule has 2 aromatic carbocycles. The van der Waals surface area contributed by atoms with Gasteiger partial charge in [0.05, 0.1) is 18.0 Å². The minimum atomic E-state index is -0.0724. The standard InChI is InChI=1S/C18H16N4O2S/c1-21-16(23)13-8-4-5-9-14(13)22-17(21)19-20-18(22)25-11-12-7-3-6-10-15(12)24-2/h3-10H,11H2,1-2H3. The molecule has 6 nitrogen and oxygen atoms in total. The minimum Gasteiger partial charge on any atom is -0.496 e. The number of aryl methyl sites for hydroxylation is 1. The lowest BCUT2D eigenvalue weighted by Crippen LogP contribution is -2.20.